The third kappa shape index (κ3) is 2.70. The maximum absolute atomic E-state index is 10.8. The average Bonchev–Trinajstić information content (AvgIpc) is 2.29. The fourth-order valence-electron chi connectivity index (χ4n) is 0.938. The number of carbonyl (C=O) groups is 1. The van der Waals surface area contributed by atoms with Gasteiger partial charge in [0.05, 0.1) is 9.47 Å². The van der Waals surface area contributed by atoms with E-state index in [1.165, 1.54) is 11.3 Å². The summed E-state index contributed by atoms with van der Waals surface area (Å²) in [7, 11) is 0. The van der Waals surface area contributed by atoms with Gasteiger partial charge >= 0.3 is 5.97 Å². The lowest BCUT2D eigenvalue weighted by Crippen LogP contribution is -2.11. The Kier molecular flexibility index (Phi) is 3.33. The molecule has 3 nitrogen and oxygen atoms in total. The molecule has 5 heteroatoms. The van der Waals surface area contributed by atoms with Crippen LogP contribution in [0.25, 0.3) is 0 Å². The number of hydrogen-bond acceptors (Lipinski definition) is 3. The molecular formula is C8H10BrNO2S. The fourth-order valence-corrected chi connectivity index (χ4v) is 2.34. The van der Waals surface area contributed by atoms with E-state index in [0.29, 0.717) is 10.6 Å². The zero-order valence-corrected chi connectivity index (χ0v) is 9.70. The summed E-state index contributed by atoms with van der Waals surface area (Å²) >= 11 is 4.48. The van der Waals surface area contributed by atoms with Crippen LogP contribution in [0.2, 0.25) is 0 Å². The molecular weight excluding hydrogens is 254 g/mol. The van der Waals surface area contributed by atoms with Gasteiger partial charge in [0, 0.05) is 6.04 Å². The molecule has 1 heterocycles. The molecule has 2 N–H and O–H groups in total. The van der Waals surface area contributed by atoms with Crippen molar-refractivity contribution in [2.45, 2.75) is 19.9 Å². The molecule has 0 unspecified atom stereocenters. The summed E-state index contributed by atoms with van der Waals surface area (Å²) in [5.74, 6) is -0.890. The second kappa shape index (κ2) is 4.11. The Labute approximate surface area is 88.9 Å². The van der Waals surface area contributed by atoms with Crippen molar-refractivity contribution in [1.82, 2.24) is 0 Å². The normalized spacial score (nSPS) is 10.5. The third-order valence-corrected chi connectivity index (χ3v) is 2.97. The van der Waals surface area contributed by atoms with Gasteiger partial charge in [0.2, 0.25) is 0 Å². The second-order valence-corrected chi connectivity index (χ2v) is 5.33. The first-order valence-corrected chi connectivity index (χ1v) is 5.41. The van der Waals surface area contributed by atoms with Crippen LogP contribution in [-0.4, -0.2) is 17.1 Å². The van der Waals surface area contributed by atoms with Crippen molar-refractivity contribution in [3.63, 3.8) is 0 Å². The highest BCUT2D eigenvalue weighted by molar-refractivity contribution is 9.11. The highest BCUT2D eigenvalue weighted by Crippen LogP contribution is 2.31. The Morgan fingerprint density at radius 1 is 1.69 bits per heavy atom. The van der Waals surface area contributed by atoms with Crippen molar-refractivity contribution in [3.05, 3.63) is 14.7 Å². The maximum atomic E-state index is 10.8. The summed E-state index contributed by atoms with van der Waals surface area (Å²) < 4.78 is 0.827. The molecule has 0 saturated heterocycles. The van der Waals surface area contributed by atoms with Gasteiger partial charge in [-0.2, -0.15) is 0 Å². The van der Waals surface area contributed by atoms with Crippen LogP contribution in [0.3, 0.4) is 0 Å². The predicted molar refractivity (Wildman–Crippen MR) is 57.7 cm³/mol. The van der Waals surface area contributed by atoms with Gasteiger partial charge in [0.25, 0.3) is 0 Å². The van der Waals surface area contributed by atoms with Crippen LogP contribution in [0.1, 0.15) is 23.5 Å². The maximum Gasteiger partial charge on any atom is 0.348 e. The molecule has 72 valence electrons. The molecule has 0 fully saturated rings. The van der Waals surface area contributed by atoms with Gasteiger partial charge in [-0.05, 0) is 35.8 Å². The number of halogens is 1. The first-order chi connectivity index (χ1) is 6.00. The van der Waals surface area contributed by atoms with E-state index < -0.39 is 5.97 Å². The van der Waals surface area contributed by atoms with Crippen molar-refractivity contribution < 1.29 is 9.90 Å². The Balaban J connectivity index is 2.97. The molecule has 1 aromatic rings. The van der Waals surface area contributed by atoms with E-state index in [1.54, 1.807) is 6.07 Å². The van der Waals surface area contributed by atoms with E-state index in [2.05, 4.69) is 21.2 Å². The van der Waals surface area contributed by atoms with E-state index in [0.717, 1.165) is 3.79 Å². The third-order valence-electron chi connectivity index (χ3n) is 1.34. The van der Waals surface area contributed by atoms with Crippen LogP contribution in [0, 0.1) is 0 Å². The van der Waals surface area contributed by atoms with Gasteiger partial charge in [0.15, 0.2) is 0 Å². The predicted octanol–water partition coefficient (Wildman–Crippen LogP) is 3.03. The van der Waals surface area contributed by atoms with Gasteiger partial charge in [-0.25, -0.2) is 4.79 Å². The topological polar surface area (TPSA) is 49.3 Å². The number of aromatic carboxylic acids is 1. The smallest absolute Gasteiger partial charge is 0.348 e. The number of rotatable bonds is 3. The highest BCUT2D eigenvalue weighted by Gasteiger charge is 2.14. The number of carboxylic acids is 1. The molecule has 0 aliphatic heterocycles. The molecule has 0 spiro atoms. The molecule has 0 atom stereocenters. The number of thiophene rings is 1. The monoisotopic (exact) mass is 263 g/mol. The van der Waals surface area contributed by atoms with E-state index in [9.17, 15) is 4.79 Å². The first kappa shape index (κ1) is 10.5. The van der Waals surface area contributed by atoms with Gasteiger partial charge in [-0.3, -0.25) is 0 Å². The van der Waals surface area contributed by atoms with Crippen LogP contribution in [0.15, 0.2) is 9.85 Å². The van der Waals surface area contributed by atoms with Crippen LogP contribution in [-0.2, 0) is 0 Å². The zero-order chi connectivity index (χ0) is 10.0. The van der Waals surface area contributed by atoms with Gasteiger partial charge in [0.1, 0.15) is 4.88 Å². The van der Waals surface area contributed by atoms with Gasteiger partial charge in [-0.15, -0.1) is 11.3 Å². The van der Waals surface area contributed by atoms with Crippen molar-refractivity contribution in [2.24, 2.45) is 0 Å². The van der Waals surface area contributed by atoms with Gasteiger partial charge in [-0.1, -0.05) is 0 Å². The minimum atomic E-state index is -0.890. The molecule has 1 rings (SSSR count). The molecule has 0 bridgehead atoms. The fraction of sp³-hybridized carbons (Fsp3) is 0.375. The highest BCUT2D eigenvalue weighted by atomic mass is 79.9. The SMILES string of the molecule is CC(C)Nc1cc(Br)sc1C(=O)O. The molecule has 0 amide bonds. The van der Waals surface area contributed by atoms with E-state index in [1.807, 2.05) is 13.8 Å². The Morgan fingerprint density at radius 2 is 2.31 bits per heavy atom. The summed E-state index contributed by atoms with van der Waals surface area (Å²) in [5, 5.41) is 11.9. The lowest BCUT2D eigenvalue weighted by Gasteiger charge is -2.08. The summed E-state index contributed by atoms with van der Waals surface area (Å²) in [6.07, 6.45) is 0. The number of hydrogen-bond donors (Lipinski definition) is 2. The number of anilines is 1. The number of nitrogens with one attached hydrogen (secondary N) is 1. The largest absolute Gasteiger partial charge is 0.477 e. The summed E-state index contributed by atoms with van der Waals surface area (Å²) in [6.45, 7) is 3.94. The lowest BCUT2D eigenvalue weighted by molar-refractivity contribution is 0.0703. The van der Waals surface area contributed by atoms with Crippen LogP contribution < -0.4 is 5.32 Å². The molecule has 13 heavy (non-hydrogen) atoms. The molecule has 0 radical (unpaired) electrons. The van der Waals surface area contributed by atoms with Crippen molar-refractivity contribution >= 4 is 38.9 Å². The van der Waals surface area contributed by atoms with E-state index in [4.69, 9.17) is 5.11 Å². The Bertz CT molecular complexity index is 322. The van der Waals surface area contributed by atoms with Crippen LogP contribution in [0.5, 0.6) is 0 Å². The molecule has 0 aliphatic rings. The van der Waals surface area contributed by atoms with E-state index in [-0.39, 0.29) is 6.04 Å². The lowest BCUT2D eigenvalue weighted by atomic mass is 10.3. The van der Waals surface area contributed by atoms with Crippen molar-refractivity contribution in [3.8, 4) is 0 Å². The van der Waals surface area contributed by atoms with E-state index >= 15 is 0 Å². The Hall–Kier alpha value is -0.550. The zero-order valence-electron chi connectivity index (χ0n) is 7.30. The number of carboxylic acid groups (broad SMARTS) is 1. The second-order valence-electron chi connectivity index (χ2n) is 2.90. The molecule has 0 aliphatic carbocycles. The van der Waals surface area contributed by atoms with Crippen LogP contribution in [0.4, 0.5) is 5.69 Å². The quantitative estimate of drug-likeness (QED) is 0.882. The minimum Gasteiger partial charge on any atom is -0.477 e. The average molecular weight is 264 g/mol. The summed E-state index contributed by atoms with van der Waals surface area (Å²) in [4.78, 5) is 11.1. The van der Waals surface area contributed by atoms with Gasteiger partial charge < -0.3 is 10.4 Å². The van der Waals surface area contributed by atoms with Crippen LogP contribution >= 0.6 is 27.3 Å². The van der Waals surface area contributed by atoms with Crippen molar-refractivity contribution in [1.29, 1.82) is 0 Å². The molecule has 0 saturated carbocycles. The Morgan fingerprint density at radius 3 is 2.77 bits per heavy atom. The molecule has 0 aromatic carbocycles. The summed E-state index contributed by atoms with van der Waals surface area (Å²) in [5.41, 5.74) is 0.680. The summed E-state index contributed by atoms with van der Waals surface area (Å²) in [6, 6.07) is 2.02. The standard InChI is InChI=1S/C8H10BrNO2S/c1-4(2)10-5-3-6(9)13-7(5)8(11)12/h3-4,10H,1-2H3,(H,11,12). The van der Waals surface area contributed by atoms with Crippen molar-refractivity contribution in [2.75, 3.05) is 5.32 Å². The minimum absolute atomic E-state index is 0.236. The molecule has 1 aromatic heterocycles. The first-order valence-electron chi connectivity index (χ1n) is 3.80.